The van der Waals surface area contributed by atoms with Crippen LogP contribution in [0.5, 0.6) is 5.75 Å². The van der Waals surface area contributed by atoms with Gasteiger partial charge in [-0.2, -0.15) is 0 Å². The molecule has 144 valence electrons. The Morgan fingerprint density at radius 3 is 2.44 bits per heavy atom. The van der Waals surface area contributed by atoms with Gasteiger partial charge in [-0.3, -0.25) is 4.79 Å². The molecule has 3 N–H and O–H groups in total. The van der Waals surface area contributed by atoms with Gasteiger partial charge in [0.15, 0.2) is 5.11 Å². The molecule has 0 spiro atoms. The molecule has 2 rings (SSSR count). The van der Waals surface area contributed by atoms with Gasteiger partial charge in [-0.1, -0.05) is 64.6 Å². The van der Waals surface area contributed by atoms with Gasteiger partial charge in [-0.05, 0) is 42.5 Å². The molecule has 2 aromatic carbocycles. The minimum atomic E-state index is -1.87. The molecule has 10 heteroatoms. The van der Waals surface area contributed by atoms with Gasteiger partial charge >= 0.3 is 0 Å². The fourth-order valence-corrected chi connectivity index (χ4v) is 2.77. The molecule has 0 heterocycles. The van der Waals surface area contributed by atoms with Crippen molar-refractivity contribution in [1.82, 2.24) is 10.6 Å². The SMILES string of the molecule is COc1cccc(C(=O)N[C@H](NC(=S)Nc2ccccc2Cl)C(Cl)(Cl)Cl)c1. The molecule has 0 aliphatic rings. The van der Waals surface area contributed by atoms with Gasteiger partial charge in [0.25, 0.3) is 5.91 Å². The lowest BCUT2D eigenvalue weighted by molar-refractivity contribution is 0.0934. The largest absolute Gasteiger partial charge is 0.497 e. The first-order valence-electron chi connectivity index (χ1n) is 7.54. The van der Waals surface area contributed by atoms with Crippen molar-refractivity contribution in [1.29, 1.82) is 0 Å². The van der Waals surface area contributed by atoms with E-state index in [4.69, 9.17) is 63.4 Å². The van der Waals surface area contributed by atoms with Crippen molar-refractivity contribution in [2.75, 3.05) is 12.4 Å². The van der Waals surface area contributed by atoms with Crippen LogP contribution in [0.2, 0.25) is 5.02 Å². The molecule has 2 aromatic rings. The number of amides is 1. The number of hydrogen-bond donors (Lipinski definition) is 3. The quantitative estimate of drug-likeness (QED) is 0.337. The summed E-state index contributed by atoms with van der Waals surface area (Å²) in [6.45, 7) is 0. The summed E-state index contributed by atoms with van der Waals surface area (Å²) >= 11 is 29.2. The predicted octanol–water partition coefficient (Wildman–Crippen LogP) is 4.76. The van der Waals surface area contributed by atoms with Crippen molar-refractivity contribution in [2.45, 2.75) is 9.96 Å². The van der Waals surface area contributed by atoms with Crippen LogP contribution in [0.25, 0.3) is 0 Å². The number of rotatable bonds is 5. The number of nitrogens with one attached hydrogen (secondary N) is 3. The first-order valence-corrected chi connectivity index (χ1v) is 9.46. The molecule has 27 heavy (non-hydrogen) atoms. The number of para-hydroxylation sites is 1. The first kappa shape index (κ1) is 21.9. The van der Waals surface area contributed by atoms with Crippen LogP contribution in [0, 0.1) is 0 Å². The predicted molar refractivity (Wildman–Crippen MR) is 115 cm³/mol. The Hall–Kier alpha value is -1.44. The molecule has 1 atom stereocenters. The first-order chi connectivity index (χ1) is 12.7. The van der Waals surface area contributed by atoms with E-state index in [2.05, 4.69) is 16.0 Å². The summed E-state index contributed by atoms with van der Waals surface area (Å²) < 4.78 is 3.23. The summed E-state index contributed by atoms with van der Waals surface area (Å²) in [4.78, 5) is 12.5. The van der Waals surface area contributed by atoms with Crippen molar-refractivity contribution >= 4 is 75.3 Å². The molecule has 0 saturated heterocycles. The van der Waals surface area contributed by atoms with Gasteiger partial charge in [-0.25, -0.2) is 0 Å². The fourth-order valence-electron chi connectivity index (χ4n) is 2.03. The molecule has 0 saturated carbocycles. The summed E-state index contributed by atoms with van der Waals surface area (Å²) in [5.74, 6) is 0.0511. The lowest BCUT2D eigenvalue weighted by Gasteiger charge is -2.28. The third kappa shape index (κ3) is 6.59. The number of thiocarbonyl (C=S) groups is 1. The lowest BCUT2D eigenvalue weighted by atomic mass is 10.2. The fraction of sp³-hybridized carbons (Fsp3) is 0.176. The van der Waals surface area contributed by atoms with Crippen LogP contribution in [-0.4, -0.2) is 28.1 Å². The molecule has 0 unspecified atom stereocenters. The van der Waals surface area contributed by atoms with Gasteiger partial charge in [0, 0.05) is 5.56 Å². The van der Waals surface area contributed by atoms with Crippen molar-refractivity contribution in [3.63, 3.8) is 0 Å². The molecule has 0 radical (unpaired) electrons. The average molecular weight is 467 g/mol. The summed E-state index contributed by atoms with van der Waals surface area (Å²) in [6, 6.07) is 13.5. The van der Waals surface area contributed by atoms with E-state index in [1.54, 1.807) is 48.5 Å². The van der Waals surface area contributed by atoms with E-state index in [1.165, 1.54) is 7.11 Å². The lowest BCUT2D eigenvalue weighted by Crippen LogP contribution is -2.56. The molecule has 0 aromatic heterocycles. The number of alkyl halides is 3. The normalized spacial score (nSPS) is 12.0. The third-order valence-corrected chi connectivity index (χ3v) is 4.54. The Labute approximate surface area is 182 Å². The highest BCUT2D eigenvalue weighted by atomic mass is 35.6. The van der Waals surface area contributed by atoms with E-state index in [-0.39, 0.29) is 5.11 Å². The molecule has 0 bridgehead atoms. The van der Waals surface area contributed by atoms with Crippen LogP contribution < -0.4 is 20.7 Å². The number of carbonyl (C=O) groups excluding carboxylic acids is 1. The third-order valence-electron chi connectivity index (χ3n) is 3.33. The zero-order valence-corrected chi connectivity index (χ0v) is 17.8. The molecule has 0 aliphatic heterocycles. The average Bonchev–Trinajstić information content (AvgIpc) is 2.62. The van der Waals surface area contributed by atoms with Gasteiger partial charge in [0.05, 0.1) is 17.8 Å². The van der Waals surface area contributed by atoms with E-state index in [9.17, 15) is 4.79 Å². The van der Waals surface area contributed by atoms with Crippen LogP contribution in [0.3, 0.4) is 0 Å². The number of benzene rings is 2. The standard InChI is InChI=1S/C17H15Cl4N3O2S/c1-26-11-6-4-5-10(9-11)14(25)23-15(17(19,20)21)24-16(27)22-13-8-3-2-7-12(13)18/h2-9,15H,1H3,(H,23,25)(H2,22,24,27)/t15-/m1/s1. The Balaban J connectivity index is 2.10. The number of halogens is 4. The molecule has 0 aliphatic carbocycles. The van der Waals surface area contributed by atoms with Gasteiger partial charge in [-0.15, -0.1) is 0 Å². The van der Waals surface area contributed by atoms with E-state index >= 15 is 0 Å². The minimum absolute atomic E-state index is 0.116. The van der Waals surface area contributed by atoms with E-state index in [1.807, 2.05) is 0 Å². The maximum Gasteiger partial charge on any atom is 0.253 e. The Kier molecular flexibility index (Phi) is 7.82. The minimum Gasteiger partial charge on any atom is -0.497 e. The van der Waals surface area contributed by atoms with Crippen LogP contribution >= 0.6 is 58.6 Å². The summed E-state index contributed by atoms with van der Waals surface area (Å²) in [5, 5.41) is 8.83. The Morgan fingerprint density at radius 1 is 1.11 bits per heavy atom. The zero-order valence-electron chi connectivity index (χ0n) is 13.9. The number of methoxy groups -OCH3 is 1. The van der Waals surface area contributed by atoms with E-state index in [0.29, 0.717) is 22.0 Å². The monoisotopic (exact) mass is 465 g/mol. The zero-order chi connectivity index (χ0) is 20.0. The van der Waals surface area contributed by atoms with Crippen molar-refractivity contribution in [3.05, 3.63) is 59.1 Å². The van der Waals surface area contributed by atoms with Gasteiger partial charge in [0.2, 0.25) is 3.79 Å². The van der Waals surface area contributed by atoms with Crippen LogP contribution in [0.4, 0.5) is 5.69 Å². The maximum atomic E-state index is 12.5. The van der Waals surface area contributed by atoms with Crippen molar-refractivity contribution in [2.24, 2.45) is 0 Å². The molecule has 0 fully saturated rings. The second kappa shape index (κ2) is 9.66. The van der Waals surface area contributed by atoms with Crippen LogP contribution in [-0.2, 0) is 0 Å². The van der Waals surface area contributed by atoms with Gasteiger partial charge < -0.3 is 20.7 Å². The molecule has 5 nitrogen and oxygen atoms in total. The summed E-state index contributed by atoms with van der Waals surface area (Å²) in [6.07, 6.45) is -1.11. The highest BCUT2D eigenvalue weighted by Crippen LogP contribution is 2.29. The van der Waals surface area contributed by atoms with E-state index < -0.39 is 15.9 Å². The second-order valence-corrected chi connectivity index (χ2v) is 8.44. The number of carbonyl (C=O) groups is 1. The number of hydrogen-bond acceptors (Lipinski definition) is 3. The van der Waals surface area contributed by atoms with Crippen molar-refractivity contribution in [3.8, 4) is 5.75 Å². The highest BCUT2D eigenvalue weighted by molar-refractivity contribution is 7.80. The summed E-state index contributed by atoms with van der Waals surface area (Å²) in [7, 11) is 1.50. The van der Waals surface area contributed by atoms with Crippen molar-refractivity contribution < 1.29 is 9.53 Å². The summed E-state index contributed by atoms with van der Waals surface area (Å²) in [5.41, 5.74) is 0.902. The topological polar surface area (TPSA) is 62.4 Å². The maximum absolute atomic E-state index is 12.5. The van der Waals surface area contributed by atoms with E-state index in [0.717, 1.165) is 0 Å². The highest BCUT2D eigenvalue weighted by Gasteiger charge is 2.35. The number of ether oxygens (including phenoxy) is 1. The second-order valence-electron chi connectivity index (χ2n) is 5.26. The van der Waals surface area contributed by atoms with Crippen LogP contribution in [0.1, 0.15) is 10.4 Å². The molecule has 1 amide bonds. The van der Waals surface area contributed by atoms with Crippen LogP contribution in [0.15, 0.2) is 48.5 Å². The molecular weight excluding hydrogens is 452 g/mol. The van der Waals surface area contributed by atoms with Gasteiger partial charge in [0.1, 0.15) is 11.9 Å². The molecular formula is C17H15Cl4N3O2S. The number of anilines is 1. The Morgan fingerprint density at radius 2 is 1.81 bits per heavy atom. The Bertz CT molecular complexity index is 830. The smallest absolute Gasteiger partial charge is 0.253 e.